The molecule has 7 heteroatoms. The maximum absolute atomic E-state index is 12.4. The molecule has 3 rings (SSSR count). The number of fused-ring (bicyclic) bond motifs is 1. The summed E-state index contributed by atoms with van der Waals surface area (Å²) < 4.78 is 31.2. The second kappa shape index (κ2) is 8.63. The highest BCUT2D eigenvalue weighted by Crippen LogP contribution is 2.25. The van der Waals surface area contributed by atoms with E-state index in [4.69, 9.17) is 4.74 Å². The van der Waals surface area contributed by atoms with Crippen molar-refractivity contribution in [2.24, 2.45) is 0 Å². The summed E-state index contributed by atoms with van der Waals surface area (Å²) >= 11 is 0. The van der Waals surface area contributed by atoms with Gasteiger partial charge in [-0.2, -0.15) is 0 Å². The molecule has 0 aliphatic heterocycles. The van der Waals surface area contributed by atoms with Crippen LogP contribution in [0.2, 0.25) is 0 Å². The molecule has 0 aliphatic carbocycles. The van der Waals surface area contributed by atoms with Crippen LogP contribution in [0.15, 0.2) is 65.6 Å². The summed E-state index contributed by atoms with van der Waals surface area (Å²) in [6.07, 6.45) is 0.564. The number of nitrogens with zero attached hydrogens (tertiary/aromatic N) is 1. The second-order valence-corrected chi connectivity index (χ2v) is 9.02. The van der Waals surface area contributed by atoms with Gasteiger partial charge in [-0.1, -0.05) is 30.3 Å². The Labute approximate surface area is 171 Å². The molecule has 0 heterocycles. The van der Waals surface area contributed by atoms with Gasteiger partial charge in [0, 0.05) is 26.2 Å². The first-order valence-corrected chi connectivity index (χ1v) is 10.6. The molecule has 0 radical (unpaired) electrons. The fourth-order valence-corrected chi connectivity index (χ4v) is 4.01. The van der Waals surface area contributed by atoms with Gasteiger partial charge in [-0.05, 0) is 53.1 Å². The van der Waals surface area contributed by atoms with Gasteiger partial charge < -0.3 is 10.1 Å². The summed E-state index contributed by atoms with van der Waals surface area (Å²) in [6.45, 7) is 0. The summed E-state index contributed by atoms with van der Waals surface area (Å²) in [6, 6.07) is 18.4. The number of rotatable bonds is 7. The smallest absolute Gasteiger partial charge is 0.242 e. The number of nitrogens with one attached hydrogen (secondary N) is 1. The molecular formula is C22H24N2O4S. The van der Waals surface area contributed by atoms with Crippen molar-refractivity contribution in [2.45, 2.75) is 17.7 Å². The minimum absolute atomic E-state index is 0.150. The maximum Gasteiger partial charge on any atom is 0.242 e. The van der Waals surface area contributed by atoms with E-state index < -0.39 is 10.0 Å². The molecule has 6 nitrogen and oxygen atoms in total. The molecule has 0 saturated carbocycles. The molecule has 152 valence electrons. The molecule has 0 fully saturated rings. The lowest BCUT2D eigenvalue weighted by atomic mass is 10.1. The van der Waals surface area contributed by atoms with Crippen LogP contribution >= 0.6 is 0 Å². The molecule has 0 saturated heterocycles. The van der Waals surface area contributed by atoms with E-state index >= 15 is 0 Å². The zero-order valence-electron chi connectivity index (χ0n) is 16.7. The molecular weight excluding hydrogens is 388 g/mol. The van der Waals surface area contributed by atoms with E-state index in [1.807, 2.05) is 42.5 Å². The van der Waals surface area contributed by atoms with Crippen molar-refractivity contribution >= 4 is 32.4 Å². The van der Waals surface area contributed by atoms with Gasteiger partial charge >= 0.3 is 0 Å². The summed E-state index contributed by atoms with van der Waals surface area (Å²) in [5.41, 5.74) is 1.40. The van der Waals surface area contributed by atoms with E-state index in [0.717, 1.165) is 20.8 Å². The topological polar surface area (TPSA) is 75.7 Å². The zero-order valence-corrected chi connectivity index (χ0v) is 17.5. The Morgan fingerprint density at radius 3 is 2.41 bits per heavy atom. The predicted octanol–water partition coefficient (Wildman–Crippen LogP) is 3.67. The highest BCUT2D eigenvalue weighted by Gasteiger charge is 2.19. The van der Waals surface area contributed by atoms with E-state index in [0.29, 0.717) is 17.7 Å². The van der Waals surface area contributed by atoms with Gasteiger partial charge in [-0.3, -0.25) is 4.79 Å². The fourth-order valence-electron chi connectivity index (χ4n) is 3.06. The summed E-state index contributed by atoms with van der Waals surface area (Å²) in [4.78, 5) is 12.6. The predicted molar refractivity (Wildman–Crippen MR) is 115 cm³/mol. The van der Waals surface area contributed by atoms with Gasteiger partial charge in [0.2, 0.25) is 15.9 Å². The Hall–Kier alpha value is -2.90. The lowest BCUT2D eigenvalue weighted by molar-refractivity contribution is -0.116. The first-order valence-electron chi connectivity index (χ1n) is 9.19. The van der Waals surface area contributed by atoms with Crippen molar-refractivity contribution < 1.29 is 17.9 Å². The number of methoxy groups -OCH3 is 1. The number of amides is 1. The zero-order chi connectivity index (χ0) is 21.0. The molecule has 0 bridgehead atoms. The Morgan fingerprint density at radius 1 is 1.00 bits per heavy atom. The Balaban J connectivity index is 1.73. The minimum Gasteiger partial charge on any atom is -0.496 e. The summed E-state index contributed by atoms with van der Waals surface area (Å²) in [5.74, 6) is 0.407. The van der Waals surface area contributed by atoms with Crippen LogP contribution in [-0.4, -0.2) is 39.8 Å². The van der Waals surface area contributed by atoms with Gasteiger partial charge in [-0.25, -0.2) is 12.7 Å². The quantitative estimate of drug-likeness (QED) is 0.642. The van der Waals surface area contributed by atoms with Crippen LogP contribution in [0.3, 0.4) is 0 Å². The average molecular weight is 413 g/mol. The molecule has 0 aromatic heterocycles. The SMILES string of the molecule is COc1ccc(S(=O)(=O)N(C)C)cc1CCC(=O)Nc1ccc2ccccc2c1. The number of ether oxygens (including phenoxy) is 1. The number of aryl methyl sites for hydroxylation is 1. The lowest BCUT2D eigenvalue weighted by Gasteiger charge is -2.14. The third-order valence-corrected chi connectivity index (χ3v) is 6.50. The second-order valence-electron chi connectivity index (χ2n) is 6.87. The molecule has 29 heavy (non-hydrogen) atoms. The number of hydrogen-bond donors (Lipinski definition) is 1. The minimum atomic E-state index is -3.56. The first kappa shape index (κ1) is 20.8. The number of carbonyl (C=O) groups excluding carboxylic acids is 1. The standard InChI is InChI=1S/C22H24N2O4S/c1-24(2)29(26,27)20-11-12-21(28-3)18(15-20)9-13-22(25)23-19-10-8-16-6-4-5-7-17(16)14-19/h4-8,10-12,14-15H,9,13H2,1-3H3,(H,23,25). The molecule has 0 aliphatic rings. The Kier molecular flexibility index (Phi) is 6.20. The van der Waals surface area contributed by atoms with Gasteiger partial charge in [-0.15, -0.1) is 0 Å². The molecule has 0 atom stereocenters. The number of anilines is 1. The van der Waals surface area contributed by atoms with Crippen molar-refractivity contribution in [3.05, 3.63) is 66.2 Å². The highest BCUT2D eigenvalue weighted by molar-refractivity contribution is 7.89. The molecule has 0 unspecified atom stereocenters. The normalized spacial score (nSPS) is 11.6. The van der Waals surface area contributed by atoms with Crippen molar-refractivity contribution in [3.63, 3.8) is 0 Å². The lowest BCUT2D eigenvalue weighted by Crippen LogP contribution is -2.22. The largest absolute Gasteiger partial charge is 0.496 e. The molecule has 0 spiro atoms. The van der Waals surface area contributed by atoms with Crippen LogP contribution < -0.4 is 10.1 Å². The van der Waals surface area contributed by atoms with E-state index in [1.54, 1.807) is 12.1 Å². The first-order chi connectivity index (χ1) is 13.8. The van der Waals surface area contributed by atoms with Crippen molar-refractivity contribution in [1.29, 1.82) is 0 Å². The van der Waals surface area contributed by atoms with E-state index in [9.17, 15) is 13.2 Å². The van der Waals surface area contributed by atoms with Crippen LogP contribution in [-0.2, 0) is 21.2 Å². The van der Waals surface area contributed by atoms with Crippen LogP contribution in [0.5, 0.6) is 5.75 Å². The van der Waals surface area contributed by atoms with Crippen LogP contribution in [0, 0.1) is 0 Å². The number of sulfonamides is 1. The van der Waals surface area contributed by atoms with Gasteiger partial charge in [0.15, 0.2) is 0 Å². The molecule has 1 N–H and O–H groups in total. The van der Waals surface area contributed by atoms with Gasteiger partial charge in [0.1, 0.15) is 5.75 Å². The van der Waals surface area contributed by atoms with Crippen molar-refractivity contribution in [1.82, 2.24) is 4.31 Å². The maximum atomic E-state index is 12.4. The Bertz CT molecular complexity index is 1140. The monoisotopic (exact) mass is 412 g/mol. The van der Waals surface area contributed by atoms with Crippen LogP contribution in [0.25, 0.3) is 10.8 Å². The van der Waals surface area contributed by atoms with E-state index in [2.05, 4.69) is 5.32 Å². The van der Waals surface area contributed by atoms with Crippen molar-refractivity contribution in [3.8, 4) is 5.75 Å². The van der Waals surface area contributed by atoms with Crippen LogP contribution in [0.4, 0.5) is 5.69 Å². The van der Waals surface area contributed by atoms with E-state index in [-0.39, 0.29) is 17.2 Å². The molecule has 3 aromatic rings. The van der Waals surface area contributed by atoms with E-state index in [1.165, 1.54) is 27.3 Å². The van der Waals surface area contributed by atoms with Gasteiger partial charge in [0.05, 0.1) is 12.0 Å². The van der Waals surface area contributed by atoms with Crippen molar-refractivity contribution in [2.75, 3.05) is 26.5 Å². The Morgan fingerprint density at radius 2 is 1.72 bits per heavy atom. The number of carbonyl (C=O) groups is 1. The number of hydrogen-bond acceptors (Lipinski definition) is 4. The molecule has 1 amide bonds. The number of benzene rings is 3. The summed E-state index contributed by atoms with van der Waals surface area (Å²) in [5, 5.41) is 5.05. The van der Waals surface area contributed by atoms with Crippen LogP contribution in [0.1, 0.15) is 12.0 Å². The summed E-state index contributed by atoms with van der Waals surface area (Å²) in [7, 11) is 0.932. The van der Waals surface area contributed by atoms with Gasteiger partial charge in [0.25, 0.3) is 0 Å². The fraction of sp³-hybridized carbons (Fsp3) is 0.227. The third-order valence-electron chi connectivity index (χ3n) is 4.69. The molecule has 3 aromatic carbocycles. The average Bonchev–Trinajstić information content (AvgIpc) is 2.71. The highest BCUT2D eigenvalue weighted by atomic mass is 32.2. The third kappa shape index (κ3) is 4.75.